The summed E-state index contributed by atoms with van der Waals surface area (Å²) in [5.41, 5.74) is 11.6. The third-order valence-electron chi connectivity index (χ3n) is 3.94. The molecule has 0 saturated heterocycles. The Kier molecular flexibility index (Phi) is 14.9. The normalized spacial score (nSPS) is 11.7. The van der Waals surface area contributed by atoms with Crippen molar-refractivity contribution in [2.45, 2.75) is 37.8 Å². The molecular formula is C18H26N8O6Zn. The zero-order valence-electron chi connectivity index (χ0n) is 17.9. The number of aromatic nitrogens is 4. The number of nitrogens with two attached hydrogens (primary N) is 2. The van der Waals surface area contributed by atoms with Crippen LogP contribution < -0.4 is 32.3 Å². The van der Waals surface area contributed by atoms with Gasteiger partial charge in [0.05, 0.1) is 36.7 Å². The summed E-state index contributed by atoms with van der Waals surface area (Å²) in [5, 5.41) is 26.2. The maximum atomic E-state index is 11.2. The van der Waals surface area contributed by atoms with Crippen molar-refractivity contribution in [2.75, 3.05) is 13.1 Å². The van der Waals surface area contributed by atoms with Gasteiger partial charge in [-0.25, -0.2) is 9.97 Å². The van der Waals surface area contributed by atoms with Crippen LogP contribution in [0.5, 0.6) is 0 Å². The van der Waals surface area contributed by atoms with E-state index in [4.69, 9.17) is 11.5 Å². The van der Waals surface area contributed by atoms with Crippen molar-refractivity contribution in [3.05, 3.63) is 36.4 Å². The first kappa shape index (κ1) is 29.8. The summed E-state index contributed by atoms with van der Waals surface area (Å²) in [6, 6.07) is -2.14. The first-order chi connectivity index (χ1) is 15.3. The van der Waals surface area contributed by atoms with E-state index in [0.717, 1.165) is 0 Å². The zero-order chi connectivity index (χ0) is 23.9. The predicted octanol–water partition coefficient (Wildman–Crippen LogP) is -4.93. The second-order valence-corrected chi connectivity index (χ2v) is 6.52. The van der Waals surface area contributed by atoms with Crippen LogP contribution in [0.15, 0.2) is 25.0 Å². The van der Waals surface area contributed by atoms with Crippen LogP contribution in [0.3, 0.4) is 0 Å². The minimum Gasteiger partial charge on any atom is -0.548 e. The fourth-order valence-electron chi connectivity index (χ4n) is 2.41. The molecule has 0 saturated carbocycles. The van der Waals surface area contributed by atoms with E-state index in [1.54, 1.807) is 0 Å². The number of rotatable bonds is 12. The minimum atomic E-state index is -1.33. The molecular weight excluding hydrogens is 490 g/mol. The van der Waals surface area contributed by atoms with Crippen molar-refractivity contribution in [2.24, 2.45) is 11.5 Å². The van der Waals surface area contributed by atoms with Gasteiger partial charge >= 0.3 is 19.5 Å². The number of amides is 2. The molecule has 8 N–H and O–H groups in total. The van der Waals surface area contributed by atoms with E-state index in [2.05, 4.69) is 30.6 Å². The Morgan fingerprint density at radius 2 is 1.18 bits per heavy atom. The van der Waals surface area contributed by atoms with Crippen LogP contribution in [-0.4, -0.2) is 68.9 Å². The number of nitrogens with zero attached hydrogens (tertiary/aromatic N) is 2. The Labute approximate surface area is 202 Å². The molecule has 0 aliphatic carbocycles. The summed E-state index contributed by atoms with van der Waals surface area (Å²) in [4.78, 5) is 56.9. The molecule has 2 amide bonds. The molecule has 0 aliphatic rings. The molecule has 0 radical (unpaired) electrons. The number of carboxylic acids is 2. The summed E-state index contributed by atoms with van der Waals surface area (Å²) < 4.78 is 0. The van der Waals surface area contributed by atoms with Gasteiger partial charge in [-0.1, -0.05) is 0 Å². The van der Waals surface area contributed by atoms with Crippen molar-refractivity contribution in [1.29, 1.82) is 0 Å². The van der Waals surface area contributed by atoms with E-state index in [0.29, 0.717) is 11.4 Å². The molecule has 2 heterocycles. The molecule has 2 rings (SSSR count). The van der Waals surface area contributed by atoms with Crippen molar-refractivity contribution in [3.8, 4) is 0 Å². The van der Waals surface area contributed by atoms with E-state index in [-0.39, 0.29) is 58.3 Å². The number of carbonyl (C=O) groups is 4. The minimum absolute atomic E-state index is 0. The van der Waals surface area contributed by atoms with Crippen LogP contribution in [0.4, 0.5) is 0 Å². The van der Waals surface area contributed by atoms with Crippen LogP contribution in [0.1, 0.15) is 24.2 Å². The van der Waals surface area contributed by atoms with Crippen LogP contribution in [-0.2, 0) is 51.5 Å². The monoisotopic (exact) mass is 514 g/mol. The topological polar surface area (TPSA) is 248 Å². The maximum absolute atomic E-state index is 11.2. The first-order valence-electron chi connectivity index (χ1n) is 9.61. The smallest absolute Gasteiger partial charge is 0.548 e. The summed E-state index contributed by atoms with van der Waals surface area (Å²) in [6.45, 7) is 0.352. The van der Waals surface area contributed by atoms with Crippen molar-refractivity contribution in [3.63, 3.8) is 0 Å². The predicted molar refractivity (Wildman–Crippen MR) is 106 cm³/mol. The van der Waals surface area contributed by atoms with E-state index in [9.17, 15) is 29.4 Å². The standard InChI is InChI=1S/2C9H14N4O3.Zn/c2*10-2-1-8(14)13-7(9(15)16)3-6-4-11-5-12-6;/h2*4-5,7H,1-3,10H2,(H,11,12)(H,13,14)(H,15,16);/q;;+2/p-2/t2*7-;/m11./s1. The first-order valence-corrected chi connectivity index (χ1v) is 9.61. The number of hydrogen-bond donors (Lipinski definition) is 6. The fourth-order valence-corrected chi connectivity index (χ4v) is 2.41. The molecule has 0 bridgehead atoms. The summed E-state index contributed by atoms with van der Waals surface area (Å²) >= 11 is 0. The van der Waals surface area contributed by atoms with Crippen LogP contribution in [0.25, 0.3) is 0 Å². The van der Waals surface area contributed by atoms with Crippen molar-refractivity contribution < 1.29 is 48.9 Å². The maximum Gasteiger partial charge on any atom is 2.00 e. The molecule has 15 heteroatoms. The number of hydrogen-bond acceptors (Lipinski definition) is 10. The van der Waals surface area contributed by atoms with Gasteiger partial charge in [-0.15, -0.1) is 0 Å². The third-order valence-corrected chi connectivity index (χ3v) is 3.94. The molecule has 176 valence electrons. The number of imidazole rings is 2. The van der Waals surface area contributed by atoms with Gasteiger partial charge in [0.15, 0.2) is 0 Å². The van der Waals surface area contributed by atoms with Crippen LogP contribution in [0, 0.1) is 0 Å². The zero-order valence-corrected chi connectivity index (χ0v) is 20.9. The number of aliphatic carboxylic acids is 2. The van der Waals surface area contributed by atoms with Gasteiger partial charge < -0.3 is 51.9 Å². The number of aromatic amines is 2. The Hall–Kier alpha value is -3.16. The molecule has 33 heavy (non-hydrogen) atoms. The summed E-state index contributed by atoms with van der Waals surface area (Å²) in [7, 11) is 0. The molecule has 14 nitrogen and oxygen atoms in total. The molecule has 0 fully saturated rings. The van der Waals surface area contributed by atoms with E-state index >= 15 is 0 Å². The van der Waals surface area contributed by atoms with Gasteiger partial charge in [0, 0.05) is 62.6 Å². The molecule has 0 spiro atoms. The Morgan fingerprint density at radius 3 is 1.42 bits per heavy atom. The Balaban J connectivity index is 0.000000602. The van der Waals surface area contributed by atoms with E-state index in [1.807, 2.05) is 0 Å². The van der Waals surface area contributed by atoms with Gasteiger partial charge in [-0.3, -0.25) is 9.59 Å². The van der Waals surface area contributed by atoms with Crippen molar-refractivity contribution >= 4 is 23.8 Å². The fraction of sp³-hybridized carbons (Fsp3) is 0.444. The van der Waals surface area contributed by atoms with E-state index < -0.39 is 35.8 Å². The number of carboxylic acid groups (broad SMARTS) is 2. The largest absolute Gasteiger partial charge is 2.00 e. The summed E-state index contributed by atoms with van der Waals surface area (Å²) in [5.74, 6) is -3.48. The van der Waals surface area contributed by atoms with Gasteiger partial charge in [-0.2, -0.15) is 0 Å². The number of nitrogens with one attached hydrogen (secondary N) is 4. The molecule has 2 aromatic heterocycles. The van der Waals surface area contributed by atoms with Crippen molar-refractivity contribution in [1.82, 2.24) is 30.6 Å². The second kappa shape index (κ2) is 16.5. The summed E-state index contributed by atoms with van der Waals surface area (Å²) in [6.07, 6.45) is 6.25. The van der Waals surface area contributed by atoms with Crippen LogP contribution >= 0.6 is 0 Å². The molecule has 2 aromatic rings. The molecule has 2 atom stereocenters. The Bertz CT molecular complexity index is 776. The average Bonchev–Trinajstić information content (AvgIpc) is 3.42. The third kappa shape index (κ3) is 12.5. The quantitative estimate of drug-likeness (QED) is 0.147. The number of carbonyl (C=O) groups excluding carboxylic acids is 4. The van der Waals surface area contributed by atoms with Gasteiger partial charge in [0.25, 0.3) is 0 Å². The second-order valence-electron chi connectivity index (χ2n) is 6.52. The van der Waals surface area contributed by atoms with Gasteiger partial charge in [0.2, 0.25) is 11.8 Å². The molecule has 0 aromatic carbocycles. The molecule has 0 aliphatic heterocycles. The molecule has 0 unspecified atom stereocenters. The van der Waals surface area contributed by atoms with Crippen LogP contribution in [0.2, 0.25) is 0 Å². The van der Waals surface area contributed by atoms with Gasteiger partial charge in [-0.05, 0) is 0 Å². The van der Waals surface area contributed by atoms with E-state index in [1.165, 1.54) is 25.0 Å². The van der Waals surface area contributed by atoms with Gasteiger partial charge in [0.1, 0.15) is 0 Å². The Morgan fingerprint density at radius 1 is 0.818 bits per heavy atom. The average molecular weight is 516 g/mol. The number of H-pyrrole nitrogens is 2. The SMILES string of the molecule is NCCC(=O)N[C@H](Cc1cnc[nH]1)C(=O)[O-].NCCC(=O)N[C@H](Cc1cnc[nH]1)C(=O)[O-].[Zn+2].